The van der Waals surface area contributed by atoms with Gasteiger partial charge in [-0.3, -0.25) is 4.79 Å². The van der Waals surface area contributed by atoms with Crippen molar-refractivity contribution in [2.45, 2.75) is 34.6 Å². The topological polar surface area (TPSA) is 65.6 Å². The van der Waals surface area contributed by atoms with Crippen LogP contribution < -0.4 is 10.1 Å². The number of carbonyl (C=O) groups is 1. The summed E-state index contributed by atoms with van der Waals surface area (Å²) in [7, 11) is 0. The summed E-state index contributed by atoms with van der Waals surface area (Å²) in [6.07, 6.45) is 1.92. The summed E-state index contributed by atoms with van der Waals surface area (Å²) in [6.45, 7) is 10.1. The third-order valence-corrected chi connectivity index (χ3v) is 8.11. The van der Waals surface area contributed by atoms with Crippen molar-refractivity contribution in [3.63, 3.8) is 0 Å². The quantitative estimate of drug-likeness (QED) is 0.351. The van der Waals surface area contributed by atoms with Crippen LogP contribution in [0.25, 0.3) is 27.1 Å². The average Bonchev–Trinajstić information content (AvgIpc) is 3.45. The number of ether oxygens (including phenoxy) is 1. The Morgan fingerprint density at radius 2 is 1.91 bits per heavy atom. The highest BCUT2D eigenvalue weighted by Gasteiger charge is 2.24. The zero-order valence-corrected chi connectivity index (χ0v) is 20.7. The molecule has 0 fully saturated rings. The Bertz CT molecular complexity index is 1670. The van der Waals surface area contributed by atoms with Crippen molar-refractivity contribution in [2.75, 3.05) is 6.61 Å². The lowest BCUT2D eigenvalue weighted by atomic mass is 10.1. The van der Waals surface area contributed by atoms with Gasteiger partial charge in [-0.05, 0) is 70.0 Å². The third kappa shape index (κ3) is 3.32. The van der Waals surface area contributed by atoms with E-state index in [-0.39, 0.29) is 11.5 Å². The van der Waals surface area contributed by atoms with E-state index in [9.17, 15) is 9.59 Å². The summed E-state index contributed by atoms with van der Waals surface area (Å²) in [5.74, 6) is -0.305. The second kappa shape index (κ2) is 7.97. The molecule has 1 aromatic carbocycles. The zero-order valence-electron chi connectivity index (χ0n) is 19.1. The molecule has 168 valence electrons. The highest BCUT2D eigenvalue weighted by molar-refractivity contribution is 7.15. The molecule has 0 spiro atoms. The van der Waals surface area contributed by atoms with E-state index in [1.165, 1.54) is 11.3 Å². The van der Waals surface area contributed by atoms with E-state index >= 15 is 0 Å². The van der Waals surface area contributed by atoms with Gasteiger partial charge in [-0.2, -0.15) is 0 Å². The molecule has 33 heavy (non-hydrogen) atoms. The molecule has 0 saturated carbocycles. The van der Waals surface area contributed by atoms with E-state index in [1.54, 1.807) is 15.7 Å². The van der Waals surface area contributed by atoms with Crippen molar-refractivity contribution >= 4 is 50.7 Å². The molecule has 0 aliphatic rings. The minimum absolute atomic E-state index is 0.0662. The lowest BCUT2D eigenvalue weighted by Gasteiger charge is -2.10. The molecule has 0 bridgehead atoms. The van der Waals surface area contributed by atoms with Gasteiger partial charge in [-0.15, -0.1) is 11.3 Å². The van der Waals surface area contributed by atoms with Crippen LogP contribution >= 0.6 is 22.7 Å². The van der Waals surface area contributed by atoms with E-state index < -0.39 is 0 Å². The third-order valence-electron chi connectivity index (χ3n) is 5.95. The first kappa shape index (κ1) is 21.6. The predicted molar refractivity (Wildman–Crippen MR) is 134 cm³/mol. The highest BCUT2D eigenvalue weighted by atomic mass is 32.1. The molecule has 0 unspecified atom stereocenters. The summed E-state index contributed by atoms with van der Waals surface area (Å²) in [4.78, 5) is 32.3. The highest BCUT2D eigenvalue weighted by Crippen LogP contribution is 2.34. The fraction of sp³-hybridized carbons (Fsp3) is 0.240. The first-order valence-corrected chi connectivity index (χ1v) is 12.3. The first-order valence-electron chi connectivity index (χ1n) is 10.7. The van der Waals surface area contributed by atoms with Crippen molar-refractivity contribution in [1.82, 2.24) is 14.0 Å². The number of hydrogen-bond donors (Lipinski definition) is 0. The van der Waals surface area contributed by atoms with Gasteiger partial charge in [0.1, 0.15) is 5.00 Å². The van der Waals surface area contributed by atoms with E-state index in [4.69, 9.17) is 4.74 Å². The summed E-state index contributed by atoms with van der Waals surface area (Å²) in [5, 5.41) is 0.854. The number of hydrogen-bond acceptors (Lipinski definition) is 6. The second-order valence-electron chi connectivity index (χ2n) is 7.98. The maximum Gasteiger partial charge on any atom is 0.341 e. The number of aromatic nitrogens is 3. The fourth-order valence-corrected chi connectivity index (χ4v) is 6.44. The molecule has 4 heterocycles. The van der Waals surface area contributed by atoms with Crippen molar-refractivity contribution < 1.29 is 9.53 Å². The molecule has 0 atom stereocenters. The van der Waals surface area contributed by atoms with E-state index in [0.29, 0.717) is 21.7 Å². The molecule has 8 heteroatoms. The lowest BCUT2D eigenvalue weighted by Crippen LogP contribution is -2.22. The normalized spacial score (nSPS) is 12.3. The molecular formula is C25H23N3O3S2. The van der Waals surface area contributed by atoms with E-state index in [1.807, 2.05) is 65.0 Å². The van der Waals surface area contributed by atoms with Crippen molar-refractivity contribution in [2.24, 2.45) is 0 Å². The van der Waals surface area contributed by atoms with Crippen LogP contribution in [-0.2, 0) is 4.74 Å². The van der Waals surface area contributed by atoms with Crippen LogP contribution in [0.5, 0.6) is 0 Å². The smallest absolute Gasteiger partial charge is 0.341 e. The largest absolute Gasteiger partial charge is 0.462 e. The van der Waals surface area contributed by atoms with Crippen molar-refractivity contribution in [3.05, 3.63) is 78.2 Å². The molecule has 4 aromatic heterocycles. The molecule has 5 rings (SSSR count). The number of esters is 1. The van der Waals surface area contributed by atoms with Crippen molar-refractivity contribution in [1.29, 1.82) is 0 Å². The predicted octanol–water partition coefficient (Wildman–Crippen LogP) is 4.72. The SMILES string of the molecule is CCOC(=O)c1c(-n2c(C)cc(/C=c3/sc4nc5ccccc5n4c3=O)c2C)sc(C)c1C. The number of nitrogens with zero attached hydrogens (tertiary/aromatic N) is 3. The molecule has 6 nitrogen and oxygen atoms in total. The second-order valence-corrected chi connectivity index (χ2v) is 10.2. The fourth-order valence-electron chi connectivity index (χ4n) is 4.21. The molecular weight excluding hydrogens is 454 g/mol. The van der Waals surface area contributed by atoms with Crippen LogP contribution in [0.1, 0.15) is 44.7 Å². The standard InChI is InChI=1S/C25H23N3O3S2/c1-6-31-24(30)21-14(3)16(5)32-23(21)27-13(2)11-17(15(27)4)12-20-22(29)28-19-10-8-7-9-18(19)26-25(28)33-20/h7-12H,6H2,1-5H3/b20-12+. The van der Waals surface area contributed by atoms with Gasteiger partial charge in [0.15, 0.2) is 4.96 Å². The van der Waals surface area contributed by atoms with E-state index in [0.717, 1.165) is 43.4 Å². The van der Waals surface area contributed by atoms with Crippen LogP contribution in [0.4, 0.5) is 0 Å². The maximum atomic E-state index is 13.2. The molecule has 5 aromatic rings. The lowest BCUT2D eigenvalue weighted by molar-refractivity contribution is 0.0526. The molecule has 0 saturated heterocycles. The van der Waals surface area contributed by atoms with Gasteiger partial charge in [0.25, 0.3) is 5.56 Å². The number of para-hydroxylation sites is 2. The van der Waals surface area contributed by atoms with Gasteiger partial charge in [-0.25, -0.2) is 14.2 Å². The Hall–Kier alpha value is -3.23. The zero-order chi connectivity index (χ0) is 23.4. The van der Waals surface area contributed by atoms with Gasteiger partial charge in [-0.1, -0.05) is 23.5 Å². The molecule has 0 radical (unpaired) electrons. The van der Waals surface area contributed by atoms with Crippen LogP contribution in [0.2, 0.25) is 0 Å². The minimum Gasteiger partial charge on any atom is -0.462 e. The number of fused-ring (bicyclic) bond motifs is 3. The van der Waals surface area contributed by atoms with Gasteiger partial charge >= 0.3 is 5.97 Å². The average molecular weight is 478 g/mol. The van der Waals surface area contributed by atoms with E-state index in [2.05, 4.69) is 15.6 Å². The number of thiazole rings is 1. The van der Waals surface area contributed by atoms with Gasteiger partial charge in [0.05, 0.1) is 27.7 Å². The van der Waals surface area contributed by atoms with Crippen LogP contribution in [-0.4, -0.2) is 26.5 Å². The van der Waals surface area contributed by atoms with Crippen LogP contribution in [0.15, 0.2) is 35.1 Å². The summed E-state index contributed by atoms with van der Waals surface area (Å²) in [5.41, 5.74) is 6.03. The summed E-state index contributed by atoms with van der Waals surface area (Å²) < 4.78 is 9.73. The van der Waals surface area contributed by atoms with Crippen molar-refractivity contribution in [3.8, 4) is 5.00 Å². The molecule has 0 aliphatic carbocycles. The number of aryl methyl sites for hydroxylation is 2. The Morgan fingerprint density at radius 1 is 1.15 bits per heavy atom. The summed E-state index contributed by atoms with van der Waals surface area (Å²) in [6, 6.07) is 9.71. The summed E-state index contributed by atoms with van der Waals surface area (Å²) >= 11 is 2.97. The number of rotatable bonds is 4. The van der Waals surface area contributed by atoms with Crippen LogP contribution in [0.3, 0.4) is 0 Å². The first-order chi connectivity index (χ1) is 15.8. The van der Waals surface area contributed by atoms with Gasteiger partial charge < -0.3 is 9.30 Å². The molecule has 0 amide bonds. The molecule has 0 N–H and O–H groups in total. The van der Waals surface area contributed by atoms with Gasteiger partial charge in [0, 0.05) is 16.3 Å². The Morgan fingerprint density at radius 3 is 2.67 bits per heavy atom. The van der Waals surface area contributed by atoms with Crippen LogP contribution in [0, 0.1) is 27.7 Å². The monoisotopic (exact) mass is 477 g/mol. The minimum atomic E-state index is -0.305. The number of thiophene rings is 1. The van der Waals surface area contributed by atoms with Gasteiger partial charge in [0.2, 0.25) is 0 Å². The number of benzene rings is 1. The number of imidazole rings is 1. The maximum absolute atomic E-state index is 13.2. The Kier molecular flexibility index (Phi) is 5.22. The Balaban J connectivity index is 1.68. The molecule has 0 aliphatic heterocycles. The Labute approximate surface area is 198 Å². The number of carbonyl (C=O) groups excluding carboxylic acids is 1.